The first-order valence-corrected chi connectivity index (χ1v) is 6.66. The molecule has 6 heteroatoms. The minimum atomic E-state index is -1.11. The standard InChI is InChI=1S/C15H14N2O4/c1-2-21-15(20)17-8-10-7-9-5-3-4-6-11(9)16-12(10)13(17)14(18)19/h3-7,13H,2,8H2,1H3,(H,18,19). The molecule has 1 aromatic carbocycles. The molecule has 1 unspecified atom stereocenters. The predicted octanol–water partition coefficient (Wildman–Crippen LogP) is 2.33. The highest BCUT2D eigenvalue weighted by atomic mass is 16.6. The normalized spacial score (nSPS) is 16.8. The van der Waals surface area contributed by atoms with Gasteiger partial charge < -0.3 is 9.84 Å². The Bertz CT molecular complexity index is 729. The average Bonchev–Trinajstić information content (AvgIpc) is 2.83. The van der Waals surface area contributed by atoms with Crippen molar-refractivity contribution in [1.82, 2.24) is 9.88 Å². The van der Waals surface area contributed by atoms with Crippen LogP contribution < -0.4 is 0 Å². The molecule has 21 heavy (non-hydrogen) atoms. The van der Waals surface area contributed by atoms with E-state index in [1.807, 2.05) is 30.3 Å². The Labute approximate surface area is 121 Å². The quantitative estimate of drug-likeness (QED) is 0.916. The lowest BCUT2D eigenvalue weighted by Crippen LogP contribution is -2.34. The number of para-hydroxylation sites is 1. The topological polar surface area (TPSA) is 79.7 Å². The number of pyridine rings is 1. The largest absolute Gasteiger partial charge is 0.479 e. The van der Waals surface area contributed by atoms with Crippen LogP contribution in [0.1, 0.15) is 24.2 Å². The van der Waals surface area contributed by atoms with Crippen molar-refractivity contribution in [3.63, 3.8) is 0 Å². The summed E-state index contributed by atoms with van der Waals surface area (Å²) >= 11 is 0. The molecule has 1 N–H and O–H groups in total. The number of ether oxygens (including phenoxy) is 1. The third-order valence-corrected chi connectivity index (χ3v) is 3.48. The third-order valence-electron chi connectivity index (χ3n) is 3.48. The molecule has 1 atom stereocenters. The number of carboxylic acids is 1. The van der Waals surface area contributed by atoms with Gasteiger partial charge in [0, 0.05) is 5.39 Å². The number of nitrogens with zero attached hydrogens (tertiary/aromatic N) is 2. The molecule has 6 nitrogen and oxygen atoms in total. The van der Waals surface area contributed by atoms with Crippen LogP contribution in [0.3, 0.4) is 0 Å². The average molecular weight is 286 g/mol. The SMILES string of the molecule is CCOC(=O)N1Cc2cc3ccccc3nc2C1C(=O)O. The zero-order valence-electron chi connectivity index (χ0n) is 11.4. The summed E-state index contributed by atoms with van der Waals surface area (Å²) in [6, 6.07) is 8.25. The van der Waals surface area contributed by atoms with Crippen LogP contribution in [0.4, 0.5) is 4.79 Å². The van der Waals surface area contributed by atoms with Gasteiger partial charge >= 0.3 is 12.1 Å². The van der Waals surface area contributed by atoms with E-state index in [0.29, 0.717) is 11.2 Å². The fourth-order valence-electron chi connectivity index (χ4n) is 2.59. The van der Waals surface area contributed by atoms with Crippen LogP contribution in [0, 0.1) is 0 Å². The van der Waals surface area contributed by atoms with E-state index in [2.05, 4.69) is 4.98 Å². The number of fused-ring (bicyclic) bond motifs is 2. The molecule has 1 amide bonds. The smallest absolute Gasteiger partial charge is 0.411 e. The van der Waals surface area contributed by atoms with E-state index in [-0.39, 0.29) is 13.2 Å². The van der Waals surface area contributed by atoms with Gasteiger partial charge in [0.05, 0.1) is 24.4 Å². The molecule has 0 spiro atoms. The van der Waals surface area contributed by atoms with Crippen LogP contribution in [0.25, 0.3) is 10.9 Å². The summed E-state index contributed by atoms with van der Waals surface area (Å²) in [7, 11) is 0. The monoisotopic (exact) mass is 286 g/mol. The Morgan fingerprint density at radius 3 is 2.90 bits per heavy atom. The van der Waals surface area contributed by atoms with E-state index in [0.717, 1.165) is 10.9 Å². The number of aliphatic carboxylic acids is 1. The molecular formula is C15H14N2O4. The summed E-state index contributed by atoms with van der Waals surface area (Å²) in [4.78, 5) is 29.1. The van der Waals surface area contributed by atoms with E-state index >= 15 is 0 Å². The molecule has 0 radical (unpaired) electrons. The van der Waals surface area contributed by atoms with Gasteiger partial charge in [-0.15, -0.1) is 0 Å². The number of carboxylic acid groups (broad SMARTS) is 1. The zero-order chi connectivity index (χ0) is 15.0. The summed E-state index contributed by atoms with van der Waals surface area (Å²) in [6.45, 7) is 2.08. The number of amides is 1. The van der Waals surface area contributed by atoms with Crippen molar-refractivity contribution in [1.29, 1.82) is 0 Å². The van der Waals surface area contributed by atoms with Gasteiger partial charge in [-0.1, -0.05) is 18.2 Å². The van der Waals surface area contributed by atoms with E-state index in [1.54, 1.807) is 6.92 Å². The number of carbonyl (C=O) groups is 2. The molecule has 0 aliphatic carbocycles. The molecule has 0 fully saturated rings. The fourth-order valence-corrected chi connectivity index (χ4v) is 2.59. The van der Waals surface area contributed by atoms with Crippen LogP contribution in [0.2, 0.25) is 0 Å². The van der Waals surface area contributed by atoms with Gasteiger partial charge in [-0.2, -0.15) is 0 Å². The maximum absolute atomic E-state index is 11.9. The van der Waals surface area contributed by atoms with Gasteiger partial charge in [0.2, 0.25) is 0 Å². The van der Waals surface area contributed by atoms with Crippen molar-refractivity contribution >= 4 is 23.0 Å². The Hall–Kier alpha value is -2.63. The molecule has 108 valence electrons. The van der Waals surface area contributed by atoms with Gasteiger partial charge in [0.15, 0.2) is 6.04 Å². The van der Waals surface area contributed by atoms with Gasteiger partial charge in [-0.25, -0.2) is 14.6 Å². The summed E-state index contributed by atoms with van der Waals surface area (Å²) < 4.78 is 4.93. The number of benzene rings is 1. The molecule has 3 rings (SSSR count). The maximum atomic E-state index is 11.9. The second kappa shape index (κ2) is 5.05. The zero-order valence-corrected chi connectivity index (χ0v) is 11.4. The molecule has 1 aromatic heterocycles. The number of carbonyl (C=O) groups excluding carboxylic acids is 1. The third kappa shape index (κ3) is 2.18. The molecule has 2 aromatic rings. The Balaban J connectivity index is 2.09. The van der Waals surface area contributed by atoms with E-state index in [1.165, 1.54) is 4.90 Å². The Morgan fingerprint density at radius 2 is 2.19 bits per heavy atom. The van der Waals surface area contributed by atoms with Gasteiger partial charge in [-0.05, 0) is 24.6 Å². The molecule has 0 saturated carbocycles. The number of hydrogen-bond acceptors (Lipinski definition) is 4. The molecular weight excluding hydrogens is 272 g/mol. The van der Waals surface area contributed by atoms with E-state index in [4.69, 9.17) is 4.74 Å². The van der Waals surface area contributed by atoms with Crippen LogP contribution >= 0.6 is 0 Å². The summed E-state index contributed by atoms with van der Waals surface area (Å²) in [6.07, 6.45) is -0.632. The highest BCUT2D eigenvalue weighted by molar-refractivity contribution is 5.86. The van der Waals surface area contributed by atoms with Crippen molar-refractivity contribution < 1.29 is 19.4 Å². The first-order chi connectivity index (χ1) is 10.1. The maximum Gasteiger partial charge on any atom is 0.411 e. The lowest BCUT2D eigenvalue weighted by atomic mass is 10.1. The van der Waals surface area contributed by atoms with E-state index < -0.39 is 18.1 Å². The van der Waals surface area contributed by atoms with Crippen molar-refractivity contribution in [2.24, 2.45) is 0 Å². The first kappa shape index (κ1) is 13.4. The van der Waals surface area contributed by atoms with Crippen molar-refractivity contribution in [2.45, 2.75) is 19.5 Å². The Morgan fingerprint density at radius 1 is 1.43 bits per heavy atom. The number of hydrogen-bond donors (Lipinski definition) is 1. The van der Waals surface area contributed by atoms with Crippen LogP contribution in [0.15, 0.2) is 30.3 Å². The summed E-state index contributed by atoms with van der Waals surface area (Å²) in [5.74, 6) is -1.11. The van der Waals surface area contributed by atoms with Crippen molar-refractivity contribution in [2.75, 3.05) is 6.61 Å². The first-order valence-electron chi connectivity index (χ1n) is 6.66. The highest BCUT2D eigenvalue weighted by Gasteiger charge is 2.40. The second-order valence-corrected chi connectivity index (χ2v) is 4.79. The van der Waals surface area contributed by atoms with Crippen LogP contribution in [-0.2, 0) is 16.1 Å². The minimum Gasteiger partial charge on any atom is -0.479 e. The Kier molecular flexibility index (Phi) is 3.21. The van der Waals surface area contributed by atoms with E-state index in [9.17, 15) is 14.7 Å². The van der Waals surface area contributed by atoms with Crippen molar-refractivity contribution in [3.05, 3.63) is 41.6 Å². The number of rotatable bonds is 2. The fraction of sp³-hybridized carbons (Fsp3) is 0.267. The van der Waals surface area contributed by atoms with Gasteiger partial charge in [0.1, 0.15) is 0 Å². The van der Waals surface area contributed by atoms with Crippen LogP contribution in [-0.4, -0.2) is 33.7 Å². The lowest BCUT2D eigenvalue weighted by Gasteiger charge is -2.20. The predicted molar refractivity (Wildman–Crippen MR) is 74.7 cm³/mol. The molecule has 1 aliphatic rings. The molecule has 0 saturated heterocycles. The van der Waals surface area contributed by atoms with Gasteiger partial charge in [0.25, 0.3) is 0 Å². The van der Waals surface area contributed by atoms with Crippen LogP contribution in [0.5, 0.6) is 0 Å². The van der Waals surface area contributed by atoms with Crippen molar-refractivity contribution in [3.8, 4) is 0 Å². The molecule has 1 aliphatic heterocycles. The highest BCUT2D eigenvalue weighted by Crippen LogP contribution is 2.34. The second-order valence-electron chi connectivity index (χ2n) is 4.79. The summed E-state index contributed by atoms with van der Waals surface area (Å²) in [5.41, 5.74) is 1.87. The minimum absolute atomic E-state index is 0.197. The molecule has 0 bridgehead atoms. The number of aromatic nitrogens is 1. The lowest BCUT2D eigenvalue weighted by molar-refractivity contribution is -0.142. The van der Waals surface area contributed by atoms with Gasteiger partial charge in [-0.3, -0.25) is 4.90 Å². The molecule has 2 heterocycles. The summed E-state index contributed by atoms with van der Waals surface area (Å²) in [5, 5.41) is 10.4.